The second-order valence-corrected chi connectivity index (χ2v) is 10.7. The minimum atomic E-state index is -0.728. The molecule has 0 bridgehead atoms. The molecule has 0 unspecified atom stereocenters. The molecular formula is C32H26F4N16O2. The first-order valence-electron chi connectivity index (χ1n) is 16.9. The van der Waals surface area contributed by atoms with Gasteiger partial charge in [-0.3, -0.25) is 19.6 Å². The number of pyridine rings is 2. The number of hydrogen-bond donors (Lipinski definition) is 4. The minimum absolute atomic E-state index is 0.00407. The molecule has 8 aromatic heterocycles. The number of aromatic nitrogens is 12. The number of nitrogens with zero attached hydrogens (tertiary/aromatic N) is 12. The summed E-state index contributed by atoms with van der Waals surface area (Å²) in [6.45, 7) is 0. The van der Waals surface area contributed by atoms with Gasteiger partial charge in [-0.25, -0.2) is 46.5 Å². The van der Waals surface area contributed by atoms with Crippen LogP contribution < -0.4 is 22.1 Å². The summed E-state index contributed by atoms with van der Waals surface area (Å²) in [5.74, 6) is -3.42. The largest absolute Gasteiger partial charge is 0.382 e. The van der Waals surface area contributed by atoms with Crippen LogP contribution in [0.15, 0.2) is 80.6 Å². The maximum atomic E-state index is 14.5. The number of imidazole rings is 2. The van der Waals surface area contributed by atoms with E-state index >= 15 is 0 Å². The Morgan fingerprint density at radius 2 is 1.44 bits per heavy atom. The van der Waals surface area contributed by atoms with Crippen molar-refractivity contribution in [2.75, 3.05) is 22.1 Å². The lowest BCUT2D eigenvalue weighted by molar-refractivity contribution is -0.105. The van der Waals surface area contributed by atoms with Crippen LogP contribution in [0.4, 0.5) is 40.6 Å². The summed E-state index contributed by atoms with van der Waals surface area (Å²) in [6, 6.07) is 1.47. The number of fused-ring (bicyclic) bond motifs is 2. The van der Waals surface area contributed by atoms with Crippen molar-refractivity contribution in [1.82, 2.24) is 58.3 Å². The molecular weight excluding hydrogens is 719 g/mol. The van der Waals surface area contributed by atoms with E-state index in [1.165, 1.54) is 52.4 Å². The summed E-state index contributed by atoms with van der Waals surface area (Å²) < 4.78 is 89.0. The third-order valence-corrected chi connectivity index (χ3v) is 7.15. The van der Waals surface area contributed by atoms with Crippen molar-refractivity contribution < 1.29 is 32.6 Å². The monoisotopic (exact) mass is 749 g/mol. The van der Waals surface area contributed by atoms with Crippen molar-refractivity contribution in [3.63, 3.8) is 0 Å². The fourth-order valence-electron chi connectivity index (χ4n) is 4.85. The smallest absolute Gasteiger partial charge is 0.263 e. The minimum Gasteiger partial charge on any atom is -0.382 e. The van der Waals surface area contributed by atoms with Gasteiger partial charge in [0.05, 0.1) is 111 Å². The van der Waals surface area contributed by atoms with Crippen LogP contribution >= 0.6 is 0 Å². The predicted octanol–water partition coefficient (Wildman–Crippen LogP) is 3.28. The van der Waals surface area contributed by atoms with Gasteiger partial charge in [0.2, 0.25) is 6.41 Å². The number of halogens is 4. The summed E-state index contributed by atoms with van der Waals surface area (Å²) in [5.41, 5.74) is 12.0. The quantitative estimate of drug-likeness (QED) is 0.109. The fourth-order valence-corrected chi connectivity index (χ4v) is 4.85. The van der Waals surface area contributed by atoms with Crippen molar-refractivity contribution in [2.24, 2.45) is 14.1 Å². The van der Waals surface area contributed by atoms with E-state index in [4.69, 9.17) is 17.0 Å². The molecule has 274 valence electrons. The predicted molar refractivity (Wildman–Crippen MR) is 185 cm³/mol. The van der Waals surface area contributed by atoms with Crippen LogP contribution in [0.25, 0.3) is 33.8 Å². The molecule has 0 aliphatic rings. The molecule has 0 atom stereocenters. The van der Waals surface area contributed by atoms with Gasteiger partial charge in [-0.05, 0) is 0 Å². The molecule has 0 aromatic carbocycles. The second kappa shape index (κ2) is 15.2. The van der Waals surface area contributed by atoms with Gasteiger partial charge in [0.1, 0.15) is 14.1 Å². The van der Waals surface area contributed by atoms with E-state index in [9.17, 15) is 27.2 Å². The lowest BCUT2D eigenvalue weighted by Gasteiger charge is -2.11. The molecule has 2 amide bonds. The summed E-state index contributed by atoms with van der Waals surface area (Å²) in [6.07, 6.45) is 8.31. The van der Waals surface area contributed by atoms with Crippen LogP contribution in [0, 0.1) is 23.3 Å². The molecule has 0 radical (unpaired) electrons. The Labute approximate surface area is 305 Å². The Morgan fingerprint density at radius 3 is 2.11 bits per heavy atom. The van der Waals surface area contributed by atoms with E-state index < -0.39 is 35.3 Å². The zero-order valence-corrected chi connectivity index (χ0v) is 27.6. The molecule has 0 fully saturated rings. The number of nitrogens with one attached hydrogen (secondary N) is 2. The highest BCUT2D eigenvalue weighted by Gasteiger charge is 2.23. The molecule has 8 heterocycles. The van der Waals surface area contributed by atoms with Crippen LogP contribution in [-0.2, 0) is 18.9 Å². The first-order chi connectivity index (χ1) is 27.6. The van der Waals surface area contributed by atoms with E-state index in [0.29, 0.717) is 12.1 Å². The van der Waals surface area contributed by atoms with Crippen molar-refractivity contribution >= 4 is 46.6 Å². The Balaban J connectivity index is 0.000000161. The van der Waals surface area contributed by atoms with Crippen LogP contribution in [0.2, 0.25) is 0 Å². The number of carbonyl (C=O) groups excluding carboxylic acids is 2. The molecule has 0 spiro atoms. The van der Waals surface area contributed by atoms with Gasteiger partial charge in [-0.2, -0.15) is 0 Å². The number of nitrogen functional groups attached to an aromatic ring is 2. The Morgan fingerprint density at radius 1 is 0.778 bits per heavy atom. The molecule has 6 N–H and O–H groups in total. The summed E-state index contributed by atoms with van der Waals surface area (Å²) >= 11 is 0. The van der Waals surface area contributed by atoms with E-state index in [1.54, 1.807) is 0 Å². The van der Waals surface area contributed by atoms with E-state index in [2.05, 4.69) is 50.7 Å². The van der Waals surface area contributed by atoms with Gasteiger partial charge in [-0.1, -0.05) is 0 Å². The van der Waals surface area contributed by atoms with Gasteiger partial charge in [0.25, 0.3) is 5.91 Å². The molecule has 8 aromatic rings. The number of anilines is 4. The maximum Gasteiger partial charge on any atom is 0.263 e. The van der Waals surface area contributed by atoms with E-state index in [0.717, 1.165) is 35.5 Å². The van der Waals surface area contributed by atoms with Gasteiger partial charge < -0.3 is 31.2 Å². The number of hydrogen-bond acceptors (Lipinski definition) is 12. The highest BCUT2D eigenvalue weighted by Crippen LogP contribution is 2.31. The van der Waals surface area contributed by atoms with Crippen molar-refractivity contribution in [1.29, 1.82) is 0 Å². The van der Waals surface area contributed by atoms with Crippen LogP contribution in [0.3, 0.4) is 0 Å². The average molecular weight is 750 g/mol. The highest BCUT2D eigenvalue weighted by molar-refractivity contribution is 6.12. The van der Waals surface area contributed by atoms with Crippen molar-refractivity contribution in [3.8, 4) is 22.5 Å². The fraction of sp³-hybridized carbons (Fsp3) is 0.0625. The standard InChI is InChI=1S/C16H12F2N8O.C10H9FN4O.C6H5FN4/c1-25-7-21-5-11(25)12-9(18)3-20-4-10(12)23-16(27)13-14(19)24-26-6-8(17)2-22-15(13)26;1-15-5-13-4-9(15)10-7(11)2-12-3-8(10)14-6-16;7-4-2-9-6-1-5(8)10-11(6)3-4/h2-7H,1H3,(H2,19,24)(H,23,27);2-6H,1H3,(H,14,16);1-3H,(H2,8,10)/i7D,14+1;4D,5D,6+1;1+1,2D. The van der Waals surface area contributed by atoms with E-state index in [-0.39, 0.29) is 75.5 Å². The molecule has 54 heavy (non-hydrogen) atoms. The van der Waals surface area contributed by atoms with Gasteiger partial charge in [0.15, 0.2) is 40.4 Å². The van der Waals surface area contributed by atoms with Gasteiger partial charge in [-0.15, -0.1) is 10.2 Å². The number of amides is 2. The zero-order chi connectivity index (χ0) is 42.0. The van der Waals surface area contributed by atoms with Crippen molar-refractivity contribution in [2.45, 2.75) is 0 Å². The highest BCUT2D eigenvalue weighted by atomic mass is 19.1. The normalized spacial score (nSPS) is 11.7. The third kappa shape index (κ3) is 7.46. The molecule has 18 nitrogen and oxygen atoms in total. The first-order valence-corrected chi connectivity index (χ1v) is 14.9. The number of carbonyl (C=O) groups is 2. The zero-order valence-electron chi connectivity index (χ0n) is 31.6. The molecule has 0 aliphatic heterocycles. The number of rotatable bonds is 6. The van der Waals surface area contributed by atoms with Crippen molar-refractivity contribution in [3.05, 3.63) is 109 Å². The van der Waals surface area contributed by atoms with E-state index in [1.807, 2.05) is 0 Å². The lowest BCUT2D eigenvalue weighted by atomic mass is 10.1. The first kappa shape index (κ1) is 31.0. The molecule has 0 saturated heterocycles. The Hall–Kier alpha value is -7.78. The average Bonchev–Trinajstić information content (AvgIpc) is 3.87. The summed E-state index contributed by atoms with van der Waals surface area (Å²) in [5, 5.41) is 12.4. The number of nitrogens with two attached hydrogens (primary N) is 2. The Kier molecular flexibility index (Phi) is 8.74. The molecule has 8 rings (SSSR count). The van der Waals surface area contributed by atoms with Crippen LogP contribution in [0.1, 0.15) is 15.8 Å². The Bertz CT molecular complexity index is 2820. The molecule has 22 heteroatoms. The summed E-state index contributed by atoms with van der Waals surface area (Å²) in [4.78, 5) is 45.5. The third-order valence-electron chi connectivity index (χ3n) is 7.15. The summed E-state index contributed by atoms with van der Waals surface area (Å²) in [7, 11) is 3.03. The molecule has 0 saturated carbocycles. The second-order valence-electron chi connectivity index (χ2n) is 10.7. The van der Waals surface area contributed by atoms with Crippen LogP contribution in [0.5, 0.6) is 0 Å². The maximum absolute atomic E-state index is 14.5. The van der Waals surface area contributed by atoms with Crippen LogP contribution in [-0.4, -0.2) is 70.6 Å². The topological polar surface area (TPSA) is 232 Å². The van der Waals surface area contributed by atoms with Gasteiger partial charge >= 0.3 is 0 Å². The molecule has 0 aliphatic carbocycles. The SMILES string of the molecule is [2H]c1nc([2H])n(C)c1-c1c(F)cncc1N[13CH]=O.[2H]c1nc2[13cH]c(N)nn2cc1F.[2H]c1ncc(-c2c(F)cncc2NC(=O)c2c3ncc(F)cn3n[13c]2N)n1C. The lowest BCUT2D eigenvalue weighted by Crippen LogP contribution is -2.15. The van der Waals surface area contributed by atoms with Gasteiger partial charge in [0, 0.05) is 20.2 Å².